The molecule has 0 unspecified atom stereocenters. The van der Waals surface area contributed by atoms with Crippen LogP contribution < -0.4 is 31.0 Å². The first-order chi connectivity index (χ1) is 34.4. The normalized spacial score (nSPS) is 11.8. The van der Waals surface area contributed by atoms with E-state index >= 15 is 8.42 Å². The first-order valence-corrected chi connectivity index (χ1v) is 26.1. The van der Waals surface area contributed by atoms with Crippen LogP contribution in [0.15, 0.2) is 119 Å². The highest BCUT2D eigenvalue weighted by Crippen LogP contribution is 2.43. The van der Waals surface area contributed by atoms with Crippen LogP contribution in [0.1, 0.15) is 58.2 Å². The van der Waals surface area contributed by atoms with E-state index in [1.165, 1.54) is 40.4 Å². The lowest BCUT2D eigenvalue weighted by molar-refractivity contribution is 0.0531. The highest BCUT2D eigenvalue weighted by Gasteiger charge is 2.38. The minimum Gasteiger partial charge on any atom is -0.497 e. The fourth-order valence-corrected chi connectivity index (χ4v) is 11.0. The summed E-state index contributed by atoms with van der Waals surface area (Å²) in [5, 5.41) is 24.5. The first kappa shape index (κ1) is 56.6. The number of hydrogen-bond donors (Lipinski definition) is 4. The van der Waals surface area contributed by atoms with Crippen molar-refractivity contribution in [3.63, 3.8) is 0 Å². The molecule has 392 valence electrons. The molecule has 0 fully saturated rings. The molecule has 73 heavy (non-hydrogen) atoms. The van der Waals surface area contributed by atoms with Gasteiger partial charge < -0.3 is 45.7 Å². The number of rotatable bonds is 19. The lowest BCUT2D eigenvalue weighted by Gasteiger charge is -2.32. The minimum absolute atomic E-state index is 0.136. The van der Waals surface area contributed by atoms with E-state index in [9.17, 15) is 18.0 Å². The average molecular weight is 1040 g/mol. The SMILES string of the molecule is CC(C)(C)N(CCN)C(=O)O.COc1ccc(CN(Cc2ccc(OC)cc2)S(=O)(=O)c2c(S(=O)(=O)CCNC(=O)OC(C)(C)C)ccc(-c3ccccc3N)c2-c2nnn(Cc3ccc(OC)cc3)n2)cc1. The van der Waals surface area contributed by atoms with E-state index in [0.29, 0.717) is 47.0 Å². The number of sulfone groups is 1. The van der Waals surface area contributed by atoms with Crippen LogP contribution >= 0.6 is 0 Å². The summed E-state index contributed by atoms with van der Waals surface area (Å²) in [4.78, 5) is 24.6. The van der Waals surface area contributed by atoms with Crippen LogP contribution in [-0.4, -0.2) is 121 Å². The molecule has 2 amide bonds. The average Bonchev–Trinajstić information content (AvgIpc) is 3.80. The fraction of sp³-hybridized carbons (Fsp3) is 0.353. The number of alkyl carbamates (subject to hydrolysis) is 1. The van der Waals surface area contributed by atoms with Crippen molar-refractivity contribution in [1.82, 2.24) is 34.7 Å². The molecule has 0 aliphatic carbocycles. The van der Waals surface area contributed by atoms with Crippen molar-refractivity contribution in [3.05, 3.63) is 126 Å². The van der Waals surface area contributed by atoms with Gasteiger partial charge in [0.1, 0.15) is 27.7 Å². The third-order valence-corrected chi connectivity index (χ3v) is 14.7. The molecule has 0 radical (unpaired) electrons. The Kier molecular flexibility index (Phi) is 19.0. The summed E-state index contributed by atoms with van der Waals surface area (Å²) in [5.41, 5.74) is 13.3. The number of nitrogens with two attached hydrogens (primary N) is 2. The van der Waals surface area contributed by atoms with E-state index in [0.717, 1.165) is 5.56 Å². The maximum Gasteiger partial charge on any atom is 0.407 e. The van der Waals surface area contributed by atoms with E-state index in [-0.39, 0.29) is 47.8 Å². The highest BCUT2D eigenvalue weighted by atomic mass is 32.2. The predicted molar refractivity (Wildman–Crippen MR) is 277 cm³/mol. The second-order valence-electron chi connectivity index (χ2n) is 18.5. The van der Waals surface area contributed by atoms with Crippen LogP contribution in [0.2, 0.25) is 0 Å². The number of sulfonamides is 1. The monoisotopic (exact) mass is 1040 g/mol. The molecular weight excluding hydrogens is 979 g/mol. The molecule has 0 saturated carbocycles. The number of ether oxygens (including phenoxy) is 4. The number of nitrogen functional groups attached to an aromatic ring is 1. The standard InChI is InChI=1S/C44H49N7O9S2.C7H16N2O2/c1-44(2,3)60-43(52)46-25-26-61(53,54)39-24-23-37(36-9-7-8-10-38(36)45)40(42-47-49-51(48-42)29-32-15-21-35(59-6)22-16-32)41(39)62(55,56)50(27-30-11-17-33(57-4)18-12-30)28-31-13-19-34(58-5)20-14-31;1-7(2,3)9(5-4-8)6(10)11/h7-24H,25-29,45H2,1-6H3,(H,46,52);4-5,8H2,1-3H3,(H,10,11). The summed E-state index contributed by atoms with van der Waals surface area (Å²) in [5.74, 6) is 0.911. The molecule has 5 aromatic carbocycles. The number of tetrazole rings is 1. The summed E-state index contributed by atoms with van der Waals surface area (Å²) in [7, 11) is -4.81. The van der Waals surface area contributed by atoms with Crippen LogP contribution in [0.4, 0.5) is 15.3 Å². The Morgan fingerprint density at radius 3 is 1.70 bits per heavy atom. The van der Waals surface area contributed by atoms with Crippen molar-refractivity contribution in [1.29, 1.82) is 0 Å². The Labute approximate surface area is 427 Å². The van der Waals surface area contributed by atoms with Gasteiger partial charge in [-0.2, -0.15) is 9.10 Å². The summed E-state index contributed by atoms with van der Waals surface area (Å²) in [6.07, 6.45) is -1.75. The van der Waals surface area contributed by atoms with Crippen molar-refractivity contribution in [3.8, 4) is 39.8 Å². The molecule has 6 N–H and O–H groups in total. The number of aromatic nitrogens is 4. The van der Waals surface area contributed by atoms with Crippen molar-refractivity contribution in [2.24, 2.45) is 5.73 Å². The second-order valence-corrected chi connectivity index (χ2v) is 22.5. The topological polar surface area (TPSA) is 274 Å². The largest absolute Gasteiger partial charge is 0.497 e. The number of methoxy groups -OCH3 is 3. The van der Waals surface area contributed by atoms with E-state index in [1.54, 1.807) is 113 Å². The van der Waals surface area contributed by atoms with Gasteiger partial charge in [0, 0.05) is 49.5 Å². The Balaban J connectivity index is 0.000000802. The number of carbonyl (C=O) groups is 2. The Hall–Kier alpha value is -7.27. The predicted octanol–water partition coefficient (Wildman–Crippen LogP) is 7.08. The summed E-state index contributed by atoms with van der Waals surface area (Å²) in [6.45, 7) is 10.7. The molecule has 1 aromatic heterocycles. The van der Waals surface area contributed by atoms with Gasteiger partial charge in [-0.05, 0) is 118 Å². The molecule has 0 aliphatic rings. The number of carboxylic acid groups (broad SMARTS) is 1. The molecule has 0 bridgehead atoms. The maximum atomic E-state index is 15.8. The molecule has 0 atom stereocenters. The molecular formula is C51H65N9O11S2. The first-order valence-electron chi connectivity index (χ1n) is 23.0. The molecule has 20 nitrogen and oxygen atoms in total. The molecule has 6 rings (SSSR count). The summed E-state index contributed by atoms with van der Waals surface area (Å²) >= 11 is 0. The van der Waals surface area contributed by atoms with Crippen LogP contribution in [-0.2, 0) is 44.2 Å². The van der Waals surface area contributed by atoms with Gasteiger partial charge in [-0.3, -0.25) is 0 Å². The number of amides is 2. The smallest absolute Gasteiger partial charge is 0.407 e. The van der Waals surface area contributed by atoms with Gasteiger partial charge in [0.15, 0.2) is 9.84 Å². The van der Waals surface area contributed by atoms with Crippen LogP contribution in [0.3, 0.4) is 0 Å². The Morgan fingerprint density at radius 1 is 0.726 bits per heavy atom. The van der Waals surface area contributed by atoms with Crippen molar-refractivity contribution in [2.45, 2.75) is 82.1 Å². The number of anilines is 1. The number of benzene rings is 5. The minimum atomic E-state index is -4.88. The molecule has 6 aromatic rings. The maximum absolute atomic E-state index is 15.8. The molecule has 0 saturated heterocycles. The van der Waals surface area contributed by atoms with Crippen LogP contribution in [0.25, 0.3) is 22.5 Å². The zero-order chi connectivity index (χ0) is 53.7. The van der Waals surface area contributed by atoms with Gasteiger partial charge in [0.2, 0.25) is 15.8 Å². The quantitative estimate of drug-likeness (QED) is 0.0590. The zero-order valence-electron chi connectivity index (χ0n) is 42.5. The molecule has 0 aliphatic heterocycles. The van der Waals surface area contributed by atoms with Crippen molar-refractivity contribution in [2.75, 3.05) is 52.5 Å². The summed E-state index contributed by atoms with van der Waals surface area (Å²) < 4.78 is 83.4. The van der Waals surface area contributed by atoms with Gasteiger partial charge in [-0.1, -0.05) is 60.7 Å². The summed E-state index contributed by atoms with van der Waals surface area (Å²) in [6, 6.07) is 30.4. The van der Waals surface area contributed by atoms with Crippen molar-refractivity contribution < 1.29 is 50.5 Å². The Bertz CT molecular complexity index is 2980. The Morgan fingerprint density at radius 2 is 1.25 bits per heavy atom. The third-order valence-electron chi connectivity index (χ3n) is 10.9. The zero-order valence-corrected chi connectivity index (χ0v) is 44.2. The van der Waals surface area contributed by atoms with Gasteiger partial charge in [-0.25, -0.2) is 26.4 Å². The van der Waals surface area contributed by atoms with Crippen molar-refractivity contribution >= 4 is 37.7 Å². The third kappa shape index (κ3) is 15.4. The second kappa shape index (κ2) is 24.4. The van der Waals surface area contributed by atoms with Gasteiger partial charge in [0.25, 0.3) is 0 Å². The molecule has 22 heteroatoms. The molecule has 0 spiro atoms. The van der Waals surface area contributed by atoms with E-state index in [1.807, 2.05) is 32.9 Å². The van der Waals surface area contributed by atoms with Crippen LogP contribution in [0.5, 0.6) is 17.2 Å². The van der Waals surface area contributed by atoms with E-state index in [2.05, 4.69) is 20.7 Å². The lowest BCUT2D eigenvalue weighted by Crippen LogP contribution is -2.47. The number of carbonyl (C=O) groups excluding carboxylic acids is 1. The van der Waals surface area contributed by atoms with Gasteiger partial charge in [0.05, 0.1) is 44.1 Å². The highest BCUT2D eigenvalue weighted by molar-refractivity contribution is 7.93. The number of hydrogen-bond acceptors (Lipinski definition) is 15. The fourth-order valence-electron chi connectivity index (χ4n) is 7.34. The van der Waals surface area contributed by atoms with Gasteiger partial charge in [-0.15, -0.1) is 10.2 Å². The van der Waals surface area contributed by atoms with Gasteiger partial charge >= 0.3 is 12.2 Å². The molecule has 1 heterocycles. The van der Waals surface area contributed by atoms with Crippen LogP contribution in [0, 0.1) is 0 Å². The number of nitrogens with zero attached hydrogens (tertiary/aromatic N) is 6. The number of nitrogens with one attached hydrogen (secondary N) is 1. The van der Waals surface area contributed by atoms with E-state index < -0.39 is 59.7 Å². The number of para-hydroxylation sites is 1. The van der Waals surface area contributed by atoms with E-state index in [4.69, 9.17) is 35.5 Å². The lowest BCUT2D eigenvalue weighted by atomic mass is 9.97.